The molecule has 0 radical (unpaired) electrons. The van der Waals surface area contributed by atoms with Crippen molar-refractivity contribution in [2.75, 3.05) is 0 Å². The van der Waals surface area contributed by atoms with Gasteiger partial charge in [0, 0.05) is 24.8 Å². The van der Waals surface area contributed by atoms with Gasteiger partial charge in [0.25, 0.3) is 0 Å². The molecule has 0 bridgehead atoms. The van der Waals surface area contributed by atoms with Crippen LogP contribution in [0.5, 0.6) is 0 Å². The number of hydrogen-bond acceptors (Lipinski definition) is 3. The van der Waals surface area contributed by atoms with Gasteiger partial charge in [-0.25, -0.2) is 0 Å². The van der Waals surface area contributed by atoms with Gasteiger partial charge in [0.05, 0.1) is 5.92 Å². The maximum absolute atomic E-state index is 11.7. The van der Waals surface area contributed by atoms with Crippen molar-refractivity contribution in [1.29, 1.82) is 0 Å². The Morgan fingerprint density at radius 2 is 1.56 bits per heavy atom. The molecule has 0 aliphatic carbocycles. The monoisotopic (exact) mass is 212 g/mol. The van der Waals surface area contributed by atoms with Gasteiger partial charge in [-0.15, -0.1) is 0 Å². The second-order valence-electron chi connectivity index (χ2n) is 3.62. The number of aromatic nitrogens is 2. The molecule has 0 fully saturated rings. The summed E-state index contributed by atoms with van der Waals surface area (Å²) in [6.07, 6.45) is 6.84. The molecular weight excluding hydrogens is 200 g/mol. The highest BCUT2D eigenvalue weighted by Gasteiger charge is 2.18. The van der Waals surface area contributed by atoms with Crippen molar-refractivity contribution in [3.8, 4) is 0 Å². The van der Waals surface area contributed by atoms with E-state index >= 15 is 0 Å². The molecule has 3 nitrogen and oxygen atoms in total. The van der Waals surface area contributed by atoms with Crippen LogP contribution in [-0.4, -0.2) is 15.8 Å². The highest BCUT2D eigenvalue weighted by atomic mass is 16.1. The molecule has 80 valence electrons. The van der Waals surface area contributed by atoms with Crippen molar-refractivity contribution in [2.24, 2.45) is 0 Å². The number of ketones is 1. The van der Waals surface area contributed by atoms with Crippen LogP contribution >= 0.6 is 0 Å². The van der Waals surface area contributed by atoms with Gasteiger partial charge in [-0.3, -0.25) is 14.8 Å². The first-order valence-electron chi connectivity index (χ1n) is 5.09. The average Bonchev–Trinajstić information content (AvgIpc) is 2.31. The lowest BCUT2D eigenvalue weighted by molar-refractivity contribution is -0.117. The van der Waals surface area contributed by atoms with E-state index in [1.807, 2.05) is 24.3 Å². The van der Waals surface area contributed by atoms with Gasteiger partial charge in [0.15, 0.2) is 0 Å². The Morgan fingerprint density at radius 3 is 1.88 bits per heavy atom. The summed E-state index contributed by atoms with van der Waals surface area (Å²) in [5, 5.41) is 0. The molecule has 0 N–H and O–H groups in total. The molecule has 0 spiro atoms. The van der Waals surface area contributed by atoms with E-state index in [1.165, 1.54) is 0 Å². The molecule has 0 atom stereocenters. The van der Waals surface area contributed by atoms with E-state index in [2.05, 4.69) is 9.97 Å². The molecule has 0 saturated carbocycles. The molecule has 2 aromatic rings. The third kappa shape index (κ3) is 2.14. The molecule has 0 saturated heterocycles. The maximum atomic E-state index is 11.7. The highest BCUT2D eigenvalue weighted by molar-refractivity contribution is 5.86. The summed E-state index contributed by atoms with van der Waals surface area (Å²) >= 11 is 0. The smallest absolute Gasteiger partial charge is 0.141 e. The van der Waals surface area contributed by atoms with Crippen molar-refractivity contribution in [3.05, 3.63) is 60.2 Å². The highest BCUT2D eigenvalue weighted by Crippen LogP contribution is 2.23. The van der Waals surface area contributed by atoms with Crippen molar-refractivity contribution >= 4 is 5.78 Å². The zero-order chi connectivity index (χ0) is 11.4. The van der Waals surface area contributed by atoms with Crippen molar-refractivity contribution in [3.63, 3.8) is 0 Å². The van der Waals surface area contributed by atoms with Crippen molar-refractivity contribution in [2.45, 2.75) is 12.8 Å². The molecule has 2 rings (SSSR count). The number of hydrogen-bond donors (Lipinski definition) is 0. The van der Waals surface area contributed by atoms with Crippen LogP contribution in [0.3, 0.4) is 0 Å². The molecule has 0 aliphatic heterocycles. The fourth-order valence-electron chi connectivity index (χ4n) is 1.76. The van der Waals surface area contributed by atoms with Gasteiger partial charge in [0.1, 0.15) is 5.78 Å². The molecular formula is C13H12N2O. The predicted molar refractivity (Wildman–Crippen MR) is 61.0 cm³/mol. The minimum Gasteiger partial charge on any atom is -0.299 e. The van der Waals surface area contributed by atoms with Gasteiger partial charge < -0.3 is 0 Å². The third-order valence-corrected chi connectivity index (χ3v) is 2.44. The van der Waals surface area contributed by atoms with Crippen LogP contribution in [0, 0.1) is 0 Å². The molecule has 3 heteroatoms. The van der Waals surface area contributed by atoms with Gasteiger partial charge in [-0.1, -0.05) is 12.1 Å². The number of rotatable bonds is 3. The van der Waals surface area contributed by atoms with E-state index in [0.717, 1.165) is 11.1 Å². The maximum Gasteiger partial charge on any atom is 0.141 e. The third-order valence-electron chi connectivity index (χ3n) is 2.44. The predicted octanol–water partition coefficient (Wildman–Crippen LogP) is 2.20. The number of nitrogens with zero attached hydrogens (tertiary/aromatic N) is 2. The quantitative estimate of drug-likeness (QED) is 0.783. The molecule has 16 heavy (non-hydrogen) atoms. The Balaban J connectivity index is 2.44. The van der Waals surface area contributed by atoms with Gasteiger partial charge in [0.2, 0.25) is 0 Å². The average molecular weight is 212 g/mol. The van der Waals surface area contributed by atoms with Crippen LogP contribution in [0.1, 0.15) is 24.0 Å². The van der Waals surface area contributed by atoms with Gasteiger partial charge in [-0.05, 0) is 30.2 Å². The summed E-state index contributed by atoms with van der Waals surface area (Å²) in [6.45, 7) is 1.59. The van der Waals surface area contributed by atoms with E-state index in [0.29, 0.717) is 0 Å². The van der Waals surface area contributed by atoms with Crippen LogP contribution in [-0.2, 0) is 4.79 Å². The number of carbonyl (C=O) groups excluding carboxylic acids is 1. The summed E-state index contributed by atoms with van der Waals surface area (Å²) in [6, 6.07) is 7.49. The molecule has 2 aromatic heterocycles. The second kappa shape index (κ2) is 4.66. The minimum atomic E-state index is -0.262. The normalized spacial score (nSPS) is 10.4. The van der Waals surface area contributed by atoms with E-state index in [-0.39, 0.29) is 11.7 Å². The summed E-state index contributed by atoms with van der Waals surface area (Å²) in [5.74, 6) is -0.164. The second-order valence-corrected chi connectivity index (χ2v) is 3.62. The lowest BCUT2D eigenvalue weighted by Gasteiger charge is -2.13. The Labute approximate surface area is 94.2 Å². The number of Topliss-reactive ketones (excluding diaryl/α,β-unsaturated/α-hetero) is 1. The molecule has 2 heterocycles. The van der Waals surface area contributed by atoms with E-state index in [1.54, 1.807) is 31.7 Å². The summed E-state index contributed by atoms with van der Waals surface area (Å²) in [7, 11) is 0. The van der Waals surface area contributed by atoms with Crippen LogP contribution in [0.4, 0.5) is 0 Å². The van der Waals surface area contributed by atoms with Crippen LogP contribution in [0.2, 0.25) is 0 Å². The number of pyridine rings is 2. The SMILES string of the molecule is CC(=O)C(c1cccnc1)c1cccnc1. The zero-order valence-corrected chi connectivity index (χ0v) is 9.00. The van der Waals surface area contributed by atoms with Crippen LogP contribution in [0.15, 0.2) is 49.1 Å². The zero-order valence-electron chi connectivity index (χ0n) is 9.00. The lowest BCUT2D eigenvalue weighted by Crippen LogP contribution is -2.10. The minimum absolute atomic E-state index is 0.0981. The first-order valence-corrected chi connectivity index (χ1v) is 5.09. The Morgan fingerprint density at radius 1 is 1.06 bits per heavy atom. The van der Waals surface area contributed by atoms with Gasteiger partial charge in [-0.2, -0.15) is 0 Å². The fraction of sp³-hybridized carbons (Fsp3) is 0.154. The summed E-state index contributed by atoms with van der Waals surface area (Å²) in [4.78, 5) is 19.8. The summed E-state index contributed by atoms with van der Waals surface area (Å²) < 4.78 is 0. The molecule has 0 aromatic carbocycles. The molecule has 0 unspecified atom stereocenters. The standard InChI is InChI=1S/C13H12N2O/c1-10(16)13(11-4-2-6-14-8-11)12-5-3-7-15-9-12/h2-9,13H,1H3. The molecule has 0 amide bonds. The van der Waals surface area contributed by atoms with Crippen LogP contribution < -0.4 is 0 Å². The summed E-state index contributed by atoms with van der Waals surface area (Å²) in [5.41, 5.74) is 1.81. The molecule has 0 aliphatic rings. The van der Waals surface area contributed by atoms with E-state index in [4.69, 9.17) is 0 Å². The van der Waals surface area contributed by atoms with Crippen molar-refractivity contribution < 1.29 is 4.79 Å². The first kappa shape index (κ1) is 10.5. The Bertz CT molecular complexity index is 428. The van der Waals surface area contributed by atoms with E-state index < -0.39 is 0 Å². The largest absolute Gasteiger partial charge is 0.299 e. The Kier molecular flexibility index (Phi) is 3.05. The van der Waals surface area contributed by atoms with E-state index in [9.17, 15) is 4.79 Å². The first-order chi connectivity index (χ1) is 7.79. The van der Waals surface area contributed by atoms with Crippen molar-refractivity contribution in [1.82, 2.24) is 9.97 Å². The van der Waals surface area contributed by atoms with Crippen LogP contribution in [0.25, 0.3) is 0 Å². The Hall–Kier alpha value is -2.03. The number of carbonyl (C=O) groups is 1. The fourth-order valence-corrected chi connectivity index (χ4v) is 1.76. The van der Waals surface area contributed by atoms with Gasteiger partial charge >= 0.3 is 0 Å². The topological polar surface area (TPSA) is 42.9 Å². The lowest BCUT2D eigenvalue weighted by atomic mass is 9.90.